The molecule has 1 amide bonds. The number of amides is 1. The number of ether oxygens (including phenoxy) is 2. The van der Waals surface area contributed by atoms with Crippen molar-refractivity contribution >= 4 is 23.2 Å². The van der Waals surface area contributed by atoms with Crippen LogP contribution in [0.3, 0.4) is 0 Å². The molecule has 2 fully saturated rings. The fourth-order valence-electron chi connectivity index (χ4n) is 3.13. The summed E-state index contributed by atoms with van der Waals surface area (Å²) in [7, 11) is 0. The highest BCUT2D eigenvalue weighted by Crippen LogP contribution is 2.31. The van der Waals surface area contributed by atoms with Crippen LogP contribution in [0.5, 0.6) is 0 Å². The van der Waals surface area contributed by atoms with Crippen molar-refractivity contribution in [1.82, 2.24) is 4.90 Å². The number of anilines is 1. The minimum absolute atomic E-state index is 0.171. The standard InChI is InChI=1S/C17H23ClN2O3/c1-13-2-3-14(18)12-15(13)19-7-4-16(21)20-8-5-17(6-9-20)22-10-11-23-17/h2-3,12,19H,4-11H2,1H3. The second-order valence-electron chi connectivity index (χ2n) is 6.12. The first kappa shape index (κ1) is 16.6. The molecule has 1 aromatic rings. The Kier molecular flexibility index (Phi) is 5.09. The maximum atomic E-state index is 12.3. The van der Waals surface area contributed by atoms with E-state index in [0.717, 1.165) is 24.1 Å². The zero-order chi connectivity index (χ0) is 16.3. The molecular formula is C17H23ClN2O3. The maximum Gasteiger partial charge on any atom is 0.224 e. The van der Waals surface area contributed by atoms with Crippen LogP contribution in [0.4, 0.5) is 5.69 Å². The van der Waals surface area contributed by atoms with Gasteiger partial charge in [0, 0.05) is 49.6 Å². The Morgan fingerprint density at radius 3 is 2.70 bits per heavy atom. The molecule has 0 atom stereocenters. The normalized spacial score (nSPS) is 20.0. The molecule has 3 rings (SSSR count). The van der Waals surface area contributed by atoms with E-state index in [2.05, 4.69) is 5.32 Å². The second kappa shape index (κ2) is 7.07. The lowest BCUT2D eigenvalue weighted by molar-refractivity contribution is -0.187. The zero-order valence-electron chi connectivity index (χ0n) is 13.4. The van der Waals surface area contributed by atoms with E-state index in [9.17, 15) is 4.79 Å². The molecule has 1 N–H and O–H groups in total. The topological polar surface area (TPSA) is 50.8 Å². The lowest BCUT2D eigenvalue weighted by Gasteiger charge is -2.37. The number of carbonyl (C=O) groups is 1. The van der Waals surface area contributed by atoms with Crippen LogP contribution in [0, 0.1) is 6.92 Å². The van der Waals surface area contributed by atoms with Crippen molar-refractivity contribution in [2.24, 2.45) is 0 Å². The maximum absolute atomic E-state index is 12.3. The Balaban J connectivity index is 1.44. The molecule has 0 bridgehead atoms. The summed E-state index contributed by atoms with van der Waals surface area (Å²) in [5.41, 5.74) is 2.10. The van der Waals surface area contributed by atoms with Gasteiger partial charge in [-0.25, -0.2) is 0 Å². The van der Waals surface area contributed by atoms with Gasteiger partial charge in [0.25, 0.3) is 0 Å². The first-order valence-corrected chi connectivity index (χ1v) is 8.51. The predicted octanol–water partition coefficient (Wildman–Crippen LogP) is 2.82. The number of halogens is 1. The number of hydrogen-bond acceptors (Lipinski definition) is 4. The Morgan fingerprint density at radius 2 is 2.00 bits per heavy atom. The van der Waals surface area contributed by atoms with E-state index in [4.69, 9.17) is 21.1 Å². The number of piperidine rings is 1. The van der Waals surface area contributed by atoms with Crippen LogP contribution >= 0.6 is 11.6 Å². The van der Waals surface area contributed by atoms with Crippen molar-refractivity contribution in [3.05, 3.63) is 28.8 Å². The zero-order valence-corrected chi connectivity index (χ0v) is 14.2. The van der Waals surface area contributed by atoms with Gasteiger partial charge in [0.05, 0.1) is 13.2 Å². The van der Waals surface area contributed by atoms with Crippen LogP contribution in [0.25, 0.3) is 0 Å². The average molecular weight is 339 g/mol. The highest BCUT2D eigenvalue weighted by atomic mass is 35.5. The third-order valence-corrected chi connectivity index (χ3v) is 4.78. The molecule has 23 heavy (non-hydrogen) atoms. The summed E-state index contributed by atoms with van der Waals surface area (Å²) in [6, 6.07) is 5.73. The highest BCUT2D eigenvalue weighted by molar-refractivity contribution is 6.30. The Hall–Kier alpha value is -1.30. The molecule has 2 aliphatic heterocycles. The van der Waals surface area contributed by atoms with Crippen LogP contribution in [0.15, 0.2) is 18.2 Å². The van der Waals surface area contributed by atoms with Gasteiger partial charge in [-0.15, -0.1) is 0 Å². The Bertz CT molecular complexity index is 563. The summed E-state index contributed by atoms with van der Waals surface area (Å²) < 4.78 is 11.4. The van der Waals surface area contributed by atoms with Crippen molar-refractivity contribution < 1.29 is 14.3 Å². The first-order chi connectivity index (χ1) is 11.1. The van der Waals surface area contributed by atoms with E-state index in [0.29, 0.717) is 44.3 Å². The van der Waals surface area contributed by atoms with Gasteiger partial charge in [-0.2, -0.15) is 0 Å². The summed E-state index contributed by atoms with van der Waals surface area (Å²) in [6.07, 6.45) is 2.00. The number of hydrogen-bond donors (Lipinski definition) is 1. The van der Waals surface area contributed by atoms with Gasteiger partial charge in [-0.05, 0) is 24.6 Å². The average Bonchev–Trinajstić information content (AvgIpc) is 2.99. The van der Waals surface area contributed by atoms with Crippen LogP contribution < -0.4 is 5.32 Å². The quantitative estimate of drug-likeness (QED) is 0.917. The van der Waals surface area contributed by atoms with E-state index in [1.54, 1.807) is 0 Å². The first-order valence-electron chi connectivity index (χ1n) is 8.14. The van der Waals surface area contributed by atoms with Crippen molar-refractivity contribution in [1.29, 1.82) is 0 Å². The predicted molar refractivity (Wildman–Crippen MR) is 89.7 cm³/mol. The number of nitrogens with one attached hydrogen (secondary N) is 1. The van der Waals surface area contributed by atoms with E-state index in [1.807, 2.05) is 30.0 Å². The van der Waals surface area contributed by atoms with E-state index in [-0.39, 0.29) is 5.91 Å². The largest absolute Gasteiger partial charge is 0.384 e. The van der Waals surface area contributed by atoms with Crippen molar-refractivity contribution in [2.75, 3.05) is 38.2 Å². The number of rotatable bonds is 4. The summed E-state index contributed by atoms with van der Waals surface area (Å²) in [4.78, 5) is 14.2. The van der Waals surface area contributed by atoms with Crippen LogP contribution in [0.1, 0.15) is 24.8 Å². The van der Waals surface area contributed by atoms with Crippen LogP contribution in [-0.2, 0) is 14.3 Å². The number of nitrogens with zero attached hydrogens (tertiary/aromatic N) is 1. The smallest absolute Gasteiger partial charge is 0.224 e. The molecule has 126 valence electrons. The van der Waals surface area contributed by atoms with Crippen molar-refractivity contribution in [2.45, 2.75) is 32.0 Å². The monoisotopic (exact) mass is 338 g/mol. The van der Waals surface area contributed by atoms with Gasteiger partial charge < -0.3 is 19.7 Å². The molecule has 0 aliphatic carbocycles. The summed E-state index contributed by atoms with van der Waals surface area (Å²) >= 11 is 6.00. The van der Waals surface area contributed by atoms with Gasteiger partial charge in [-0.1, -0.05) is 17.7 Å². The third-order valence-electron chi connectivity index (χ3n) is 4.55. The summed E-state index contributed by atoms with van der Waals surface area (Å²) in [5, 5.41) is 3.99. The van der Waals surface area contributed by atoms with Gasteiger partial charge in [0.15, 0.2) is 5.79 Å². The molecule has 2 heterocycles. The van der Waals surface area contributed by atoms with E-state index < -0.39 is 5.79 Å². The Morgan fingerprint density at radius 1 is 1.30 bits per heavy atom. The highest BCUT2D eigenvalue weighted by Gasteiger charge is 2.40. The molecule has 0 unspecified atom stereocenters. The van der Waals surface area contributed by atoms with Gasteiger partial charge in [0.1, 0.15) is 0 Å². The lowest BCUT2D eigenvalue weighted by Crippen LogP contribution is -2.47. The van der Waals surface area contributed by atoms with Crippen LogP contribution in [0.2, 0.25) is 5.02 Å². The third kappa shape index (κ3) is 3.97. The van der Waals surface area contributed by atoms with Gasteiger partial charge >= 0.3 is 0 Å². The van der Waals surface area contributed by atoms with Crippen LogP contribution in [-0.4, -0.2) is 49.4 Å². The SMILES string of the molecule is Cc1ccc(Cl)cc1NCCC(=O)N1CCC2(CC1)OCCO2. The summed E-state index contributed by atoms with van der Waals surface area (Å²) in [6.45, 7) is 5.36. The molecule has 2 aliphatic rings. The number of benzene rings is 1. The summed E-state index contributed by atoms with van der Waals surface area (Å²) in [5.74, 6) is -0.252. The molecule has 0 saturated carbocycles. The second-order valence-corrected chi connectivity index (χ2v) is 6.56. The molecule has 1 spiro atoms. The van der Waals surface area contributed by atoms with Crippen molar-refractivity contribution in [3.8, 4) is 0 Å². The molecule has 0 radical (unpaired) electrons. The molecule has 6 heteroatoms. The van der Waals surface area contributed by atoms with Crippen molar-refractivity contribution in [3.63, 3.8) is 0 Å². The van der Waals surface area contributed by atoms with Gasteiger partial charge in [0.2, 0.25) is 5.91 Å². The van der Waals surface area contributed by atoms with Gasteiger partial charge in [-0.3, -0.25) is 4.79 Å². The minimum atomic E-state index is -0.424. The number of likely N-dealkylation sites (tertiary alicyclic amines) is 1. The molecular weight excluding hydrogens is 316 g/mol. The van der Waals surface area contributed by atoms with E-state index in [1.165, 1.54) is 0 Å². The fourth-order valence-corrected chi connectivity index (χ4v) is 3.30. The molecule has 1 aromatic carbocycles. The number of carbonyl (C=O) groups excluding carboxylic acids is 1. The molecule has 0 aromatic heterocycles. The number of aryl methyl sites for hydroxylation is 1. The minimum Gasteiger partial charge on any atom is -0.384 e. The van der Waals surface area contributed by atoms with E-state index >= 15 is 0 Å². The lowest BCUT2D eigenvalue weighted by atomic mass is 10.0. The Labute approximate surface area is 141 Å². The molecule has 5 nitrogen and oxygen atoms in total. The fraction of sp³-hybridized carbons (Fsp3) is 0.588. The molecule has 2 saturated heterocycles.